The highest BCUT2D eigenvalue weighted by atomic mass is 16.5. The number of hydrogen-bond acceptors (Lipinski definition) is 6. The molecule has 0 radical (unpaired) electrons. The molecule has 35 heavy (non-hydrogen) atoms. The molecule has 3 amide bonds. The first kappa shape index (κ1) is 24.7. The summed E-state index contributed by atoms with van der Waals surface area (Å²) in [5.74, 6) is 0.101. The van der Waals surface area contributed by atoms with Crippen LogP contribution in [0.3, 0.4) is 0 Å². The van der Waals surface area contributed by atoms with Crippen molar-refractivity contribution < 1.29 is 23.9 Å². The Hall–Kier alpha value is -3.46. The Morgan fingerprint density at radius 3 is 2.71 bits per heavy atom. The van der Waals surface area contributed by atoms with Crippen molar-refractivity contribution in [2.24, 2.45) is 0 Å². The molecule has 2 N–H and O–H groups in total. The molecule has 0 bridgehead atoms. The Morgan fingerprint density at radius 1 is 1.14 bits per heavy atom. The number of carbonyl (C=O) groups excluding carboxylic acids is 3. The van der Waals surface area contributed by atoms with Gasteiger partial charge in [-0.05, 0) is 55.2 Å². The fourth-order valence-corrected chi connectivity index (χ4v) is 4.53. The summed E-state index contributed by atoms with van der Waals surface area (Å²) in [5.41, 5.74) is 2.10. The van der Waals surface area contributed by atoms with Crippen molar-refractivity contribution >= 4 is 23.4 Å². The van der Waals surface area contributed by atoms with Crippen molar-refractivity contribution in [1.29, 1.82) is 0 Å². The summed E-state index contributed by atoms with van der Waals surface area (Å²) in [6.45, 7) is 2.60. The monoisotopic (exact) mass is 480 g/mol. The van der Waals surface area contributed by atoms with Crippen molar-refractivity contribution in [3.63, 3.8) is 0 Å². The van der Waals surface area contributed by atoms with Gasteiger partial charge in [-0.25, -0.2) is 0 Å². The van der Waals surface area contributed by atoms with Crippen LogP contribution in [0.4, 0.5) is 5.69 Å². The average molecular weight is 481 g/mol. The zero-order valence-corrected chi connectivity index (χ0v) is 20.2. The number of pyridine rings is 1. The summed E-state index contributed by atoms with van der Waals surface area (Å²) < 4.78 is 12.2. The molecular formula is C26H32N4O5. The normalized spacial score (nSPS) is 21.6. The first-order chi connectivity index (χ1) is 16.9. The van der Waals surface area contributed by atoms with Crippen LogP contribution in [0.25, 0.3) is 0 Å². The number of hydrogen-bond donors (Lipinski definition) is 2. The number of rotatable bonds is 7. The Balaban J connectivity index is 1.35. The molecule has 186 valence electrons. The number of fused-ring (bicyclic) bond motifs is 2. The SMILES string of the molecule is CCC(=O)Nc1ccc2c(c1)C(=O)N(C)[C@@H]1CC[C@@H](CC(=O)NCCc3ccncc3)O[C@H]1CO2. The number of nitrogens with one attached hydrogen (secondary N) is 2. The number of anilines is 1. The first-order valence-corrected chi connectivity index (χ1v) is 12.1. The summed E-state index contributed by atoms with van der Waals surface area (Å²) >= 11 is 0. The standard InChI is InChI=1S/C26H32N4O5/c1-3-24(31)29-18-4-7-22-20(14-18)26(33)30(2)21-6-5-19(35-23(21)16-34-22)15-25(32)28-13-10-17-8-11-27-12-9-17/h4,7-9,11-12,14,19,21,23H,3,5-6,10,13,15-16H2,1-2H3,(H,28,32)(H,29,31)/t19-,21+,23-/m0/s1. The van der Waals surface area contributed by atoms with Gasteiger partial charge in [0.05, 0.1) is 24.1 Å². The Labute approximate surface area is 205 Å². The van der Waals surface area contributed by atoms with E-state index in [1.54, 1.807) is 49.5 Å². The molecule has 1 saturated heterocycles. The molecule has 0 saturated carbocycles. The van der Waals surface area contributed by atoms with E-state index < -0.39 is 0 Å². The molecule has 1 fully saturated rings. The van der Waals surface area contributed by atoms with E-state index in [-0.39, 0.29) is 49.0 Å². The van der Waals surface area contributed by atoms with Gasteiger partial charge in [0.25, 0.3) is 5.91 Å². The lowest BCUT2D eigenvalue weighted by molar-refractivity contribution is -0.134. The Kier molecular flexibility index (Phi) is 7.97. The fraction of sp³-hybridized carbons (Fsp3) is 0.462. The smallest absolute Gasteiger partial charge is 0.257 e. The van der Waals surface area contributed by atoms with Gasteiger partial charge in [-0.2, -0.15) is 0 Å². The predicted molar refractivity (Wildman–Crippen MR) is 130 cm³/mol. The molecule has 2 aromatic rings. The molecule has 3 heterocycles. The van der Waals surface area contributed by atoms with Gasteiger partial charge in [0.1, 0.15) is 18.5 Å². The second-order valence-electron chi connectivity index (χ2n) is 8.94. The van der Waals surface area contributed by atoms with Gasteiger partial charge in [0, 0.05) is 38.1 Å². The van der Waals surface area contributed by atoms with Crippen molar-refractivity contribution in [3.05, 3.63) is 53.9 Å². The van der Waals surface area contributed by atoms with Crippen LogP contribution in [0.15, 0.2) is 42.7 Å². The minimum atomic E-state index is -0.333. The van der Waals surface area contributed by atoms with Crippen LogP contribution in [-0.2, 0) is 20.7 Å². The molecule has 9 heteroatoms. The van der Waals surface area contributed by atoms with E-state index in [1.165, 1.54) is 0 Å². The second-order valence-corrected chi connectivity index (χ2v) is 8.94. The maximum Gasteiger partial charge on any atom is 0.257 e. The van der Waals surface area contributed by atoms with Crippen molar-refractivity contribution in [2.75, 3.05) is 25.5 Å². The van der Waals surface area contributed by atoms with Crippen molar-refractivity contribution in [1.82, 2.24) is 15.2 Å². The largest absolute Gasteiger partial charge is 0.490 e. The number of ether oxygens (including phenoxy) is 2. The molecule has 2 aliphatic heterocycles. The summed E-state index contributed by atoms with van der Waals surface area (Å²) in [7, 11) is 1.77. The van der Waals surface area contributed by atoms with Crippen LogP contribution in [0.1, 0.15) is 48.5 Å². The van der Waals surface area contributed by atoms with E-state index in [2.05, 4.69) is 15.6 Å². The highest BCUT2D eigenvalue weighted by Crippen LogP contribution is 2.32. The molecular weight excluding hydrogens is 448 g/mol. The third-order valence-electron chi connectivity index (χ3n) is 6.51. The fourth-order valence-electron chi connectivity index (χ4n) is 4.53. The van der Waals surface area contributed by atoms with Gasteiger partial charge in [0.2, 0.25) is 11.8 Å². The van der Waals surface area contributed by atoms with Crippen molar-refractivity contribution in [3.8, 4) is 5.75 Å². The van der Waals surface area contributed by atoms with E-state index in [9.17, 15) is 14.4 Å². The molecule has 0 spiro atoms. The Bertz CT molecular complexity index is 1060. The van der Waals surface area contributed by atoms with E-state index >= 15 is 0 Å². The topological polar surface area (TPSA) is 110 Å². The van der Waals surface area contributed by atoms with Crippen LogP contribution in [0.2, 0.25) is 0 Å². The highest BCUT2D eigenvalue weighted by molar-refractivity contribution is 5.99. The maximum atomic E-state index is 13.3. The lowest BCUT2D eigenvalue weighted by atomic mass is 9.94. The van der Waals surface area contributed by atoms with E-state index in [1.807, 2.05) is 12.1 Å². The molecule has 0 unspecified atom stereocenters. The zero-order valence-electron chi connectivity index (χ0n) is 20.2. The Morgan fingerprint density at radius 2 is 1.94 bits per heavy atom. The van der Waals surface area contributed by atoms with Crippen LogP contribution in [0.5, 0.6) is 5.75 Å². The van der Waals surface area contributed by atoms with Crippen LogP contribution >= 0.6 is 0 Å². The molecule has 4 rings (SSSR count). The zero-order chi connectivity index (χ0) is 24.8. The van der Waals surface area contributed by atoms with Gasteiger partial charge >= 0.3 is 0 Å². The summed E-state index contributed by atoms with van der Waals surface area (Å²) in [6.07, 6.45) is 5.68. The molecule has 0 aliphatic carbocycles. The number of aromatic nitrogens is 1. The molecule has 3 atom stereocenters. The van der Waals surface area contributed by atoms with E-state index in [0.29, 0.717) is 42.8 Å². The minimum Gasteiger partial charge on any atom is -0.490 e. The predicted octanol–water partition coefficient (Wildman–Crippen LogP) is 2.56. The second kappa shape index (κ2) is 11.3. The number of amides is 3. The molecule has 9 nitrogen and oxygen atoms in total. The number of carbonyl (C=O) groups is 3. The number of benzene rings is 1. The first-order valence-electron chi connectivity index (χ1n) is 12.1. The van der Waals surface area contributed by atoms with Crippen LogP contribution in [-0.4, -0.2) is 66.1 Å². The lowest BCUT2D eigenvalue weighted by Crippen LogP contribution is -2.54. The summed E-state index contributed by atoms with van der Waals surface area (Å²) in [6, 6.07) is 8.79. The van der Waals surface area contributed by atoms with Gasteiger partial charge in [-0.15, -0.1) is 0 Å². The van der Waals surface area contributed by atoms with Gasteiger partial charge < -0.3 is 25.0 Å². The van der Waals surface area contributed by atoms with Crippen LogP contribution < -0.4 is 15.4 Å². The molecule has 1 aromatic carbocycles. The summed E-state index contributed by atoms with van der Waals surface area (Å²) in [5, 5.41) is 5.75. The number of nitrogens with zero attached hydrogens (tertiary/aromatic N) is 2. The lowest BCUT2D eigenvalue weighted by Gasteiger charge is -2.42. The van der Waals surface area contributed by atoms with E-state index in [0.717, 1.165) is 12.0 Å². The van der Waals surface area contributed by atoms with Gasteiger partial charge in [-0.1, -0.05) is 6.92 Å². The maximum absolute atomic E-state index is 13.3. The van der Waals surface area contributed by atoms with Crippen molar-refractivity contribution in [2.45, 2.75) is 57.3 Å². The molecule has 2 aliphatic rings. The third kappa shape index (κ3) is 6.16. The highest BCUT2D eigenvalue weighted by Gasteiger charge is 2.39. The van der Waals surface area contributed by atoms with Gasteiger partial charge in [-0.3, -0.25) is 19.4 Å². The number of likely N-dealkylation sites (N-methyl/N-ethyl adjacent to an activating group) is 1. The molecule has 1 aromatic heterocycles. The third-order valence-corrected chi connectivity index (χ3v) is 6.51. The average Bonchev–Trinajstić information content (AvgIpc) is 2.87. The minimum absolute atomic E-state index is 0.0503. The summed E-state index contributed by atoms with van der Waals surface area (Å²) in [4.78, 5) is 43.2. The van der Waals surface area contributed by atoms with E-state index in [4.69, 9.17) is 9.47 Å². The quantitative estimate of drug-likeness (QED) is 0.630. The van der Waals surface area contributed by atoms with Gasteiger partial charge in [0.15, 0.2) is 0 Å². The van der Waals surface area contributed by atoms with Crippen LogP contribution in [0, 0.1) is 0 Å².